The van der Waals surface area contributed by atoms with Gasteiger partial charge in [0.2, 0.25) is 0 Å². The number of para-hydroxylation sites is 2. The Morgan fingerprint density at radius 1 is 0.893 bits per heavy atom. The monoisotopic (exact) mass is 397 g/mol. The average molecular weight is 398 g/mol. The Labute approximate surface area is 174 Å². The van der Waals surface area contributed by atoms with Crippen molar-refractivity contribution in [3.63, 3.8) is 0 Å². The van der Waals surface area contributed by atoms with Crippen molar-refractivity contribution in [2.45, 2.75) is 70.9 Å². The maximum Gasteiger partial charge on any atom is 0.127 e. The number of hydrogen-bond acceptors (Lipinski definition) is 2. The molecule has 1 spiro atoms. The fourth-order valence-corrected chi connectivity index (χ4v) is 4.35. The summed E-state index contributed by atoms with van der Waals surface area (Å²) >= 11 is 6.14. The second-order valence-electron chi connectivity index (χ2n) is 7.44. The molecule has 1 fully saturated rings. The van der Waals surface area contributed by atoms with Gasteiger partial charge in [0.15, 0.2) is 0 Å². The topological polar surface area (TPSA) is 36.4 Å². The Balaban J connectivity index is 0.00000109. The molecule has 1 heterocycles. The number of halogens is 1. The smallest absolute Gasteiger partial charge is 0.127 e. The highest BCUT2D eigenvalue weighted by Gasteiger charge is 2.39. The van der Waals surface area contributed by atoms with E-state index in [0.29, 0.717) is 6.54 Å². The predicted octanol–water partition coefficient (Wildman–Crippen LogP) is 7.29. The number of amidine groups is 1. The van der Waals surface area contributed by atoms with E-state index >= 15 is 0 Å². The maximum absolute atomic E-state index is 6.14. The molecule has 0 aromatic heterocycles. The molecule has 0 atom stereocenters. The van der Waals surface area contributed by atoms with E-state index in [9.17, 15) is 0 Å². The molecule has 28 heavy (non-hydrogen) atoms. The van der Waals surface area contributed by atoms with Crippen molar-refractivity contribution in [2.24, 2.45) is 4.99 Å². The van der Waals surface area contributed by atoms with Gasteiger partial charge >= 0.3 is 0 Å². The summed E-state index contributed by atoms with van der Waals surface area (Å²) in [4.78, 5) is 5.03. The van der Waals surface area contributed by atoms with Crippen LogP contribution in [0.5, 0.6) is 0 Å². The summed E-state index contributed by atoms with van der Waals surface area (Å²) in [5.74, 6) is 1.08. The van der Waals surface area contributed by atoms with Crippen molar-refractivity contribution in [2.75, 3.05) is 10.6 Å². The first kappa shape index (κ1) is 20.7. The number of fused-ring (bicyclic) bond motifs is 1. The van der Waals surface area contributed by atoms with Crippen LogP contribution in [0.4, 0.5) is 11.4 Å². The molecule has 0 bridgehead atoms. The van der Waals surface area contributed by atoms with Crippen LogP contribution >= 0.6 is 11.6 Å². The Hall–Kier alpha value is -2.00. The van der Waals surface area contributed by atoms with E-state index in [0.717, 1.165) is 35.0 Å². The predicted molar refractivity (Wildman–Crippen MR) is 123 cm³/mol. The summed E-state index contributed by atoms with van der Waals surface area (Å²) in [6.07, 6.45) is 8.72. The van der Waals surface area contributed by atoms with E-state index in [2.05, 4.69) is 41.0 Å². The van der Waals surface area contributed by atoms with Crippen molar-refractivity contribution >= 4 is 28.8 Å². The molecule has 2 aromatic rings. The zero-order chi connectivity index (χ0) is 19.8. The molecule has 4 heteroatoms. The SMILES string of the molecule is CC.Clc1cccc(CN=C2Nc3ccccc3NC23CCCCCCC3)c1. The lowest BCUT2D eigenvalue weighted by atomic mass is 9.81. The summed E-state index contributed by atoms with van der Waals surface area (Å²) in [5.41, 5.74) is 3.37. The molecule has 0 amide bonds. The lowest BCUT2D eigenvalue weighted by Crippen LogP contribution is -2.53. The highest BCUT2D eigenvalue weighted by atomic mass is 35.5. The van der Waals surface area contributed by atoms with Crippen LogP contribution < -0.4 is 10.6 Å². The van der Waals surface area contributed by atoms with Gasteiger partial charge < -0.3 is 10.6 Å². The third kappa shape index (κ3) is 4.88. The van der Waals surface area contributed by atoms with Crippen molar-refractivity contribution in [1.29, 1.82) is 0 Å². The quantitative estimate of drug-likeness (QED) is 0.558. The Morgan fingerprint density at radius 2 is 1.57 bits per heavy atom. The van der Waals surface area contributed by atoms with Crippen LogP contribution in [-0.2, 0) is 6.54 Å². The maximum atomic E-state index is 6.14. The van der Waals surface area contributed by atoms with Crippen molar-refractivity contribution in [3.8, 4) is 0 Å². The average Bonchev–Trinajstić information content (AvgIpc) is 2.71. The van der Waals surface area contributed by atoms with E-state index in [1.54, 1.807) is 0 Å². The zero-order valence-electron chi connectivity index (χ0n) is 17.1. The van der Waals surface area contributed by atoms with E-state index in [1.807, 2.05) is 32.0 Å². The molecular weight excluding hydrogens is 366 g/mol. The van der Waals surface area contributed by atoms with Gasteiger partial charge in [-0.05, 0) is 42.7 Å². The number of rotatable bonds is 2. The van der Waals surface area contributed by atoms with Crippen molar-refractivity contribution < 1.29 is 0 Å². The third-order valence-corrected chi connectivity index (χ3v) is 5.76. The lowest BCUT2D eigenvalue weighted by molar-refractivity contribution is 0.419. The van der Waals surface area contributed by atoms with Gasteiger partial charge in [-0.2, -0.15) is 0 Å². The van der Waals surface area contributed by atoms with E-state index in [1.165, 1.54) is 37.8 Å². The Morgan fingerprint density at radius 3 is 2.29 bits per heavy atom. The van der Waals surface area contributed by atoms with Crippen LogP contribution in [0.1, 0.15) is 64.4 Å². The highest BCUT2D eigenvalue weighted by Crippen LogP contribution is 2.38. The number of hydrogen-bond donors (Lipinski definition) is 2. The second-order valence-corrected chi connectivity index (χ2v) is 7.88. The first-order valence-electron chi connectivity index (χ1n) is 10.7. The zero-order valence-corrected chi connectivity index (χ0v) is 17.9. The first-order valence-corrected chi connectivity index (χ1v) is 11.1. The van der Waals surface area contributed by atoms with Gasteiger partial charge in [-0.25, -0.2) is 0 Å². The van der Waals surface area contributed by atoms with Gasteiger partial charge in [0, 0.05) is 5.02 Å². The largest absolute Gasteiger partial charge is 0.371 e. The summed E-state index contributed by atoms with van der Waals surface area (Å²) in [7, 11) is 0. The minimum absolute atomic E-state index is 0.0760. The van der Waals surface area contributed by atoms with Crippen LogP contribution in [0.25, 0.3) is 0 Å². The van der Waals surface area contributed by atoms with Crippen LogP contribution in [-0.4, -0.2) is 11.4 Å². The van der Waals surface area contributed by atoms with Crippen molar-refractivity contribution in [3.05, 3.63) is 59.1 Å². The van der Waals surface area contributed by atoms with E-state index in [4.69, 9.17) is 16.6 Å². The van der Waals surface area contributed by atoms with E-state index in [-0.39, 0.29) is 5.54 Å². The molecule has 0 radical (unpaired) electrons. The van der Waals surface area contributed by atoms with Gasteiger partial charge in [-0.1, -0.05) is 81.8 Å². The molecule has 2 aliphatic rings. The molecular formula is C24H32ClN3. The van der Waals surface area contributed by atoms with Gasteiger partial charge in [0.25, 0.3) is 0 Å². The van der Waals surface area contributed by atoms with Crippen LogP contribution in [0.15, 0.2) is 53.5 Å². The summed E-state index contributed by atoms with van der Waals surface area (Å²) in [6.45, 7) is 4.65. The molecule has 1 aliphatic heterocycles. The Kier molecular flexibility index (Phi) is 7.38. The number of nitrogens with zero attached hydrogens (tertiary/aromatic N) is 1. The number of anilines is 2. The molecule has 2 aromatic carbocycles. The van der Waals surface area contributed by atoms with Gasteiger partial charge in [-0.15, -0.1) is 0 Å². The van der Waals surface area contributed by atoms with Gasteiger partial charge in [0.05, 0.1) is 23.5 Å². The minimum Gasteiger partial charge on any atom is -0.371 e. The molecule has 0 unspecified atom stereocenters. The number of benzene rings is 2. The second kappa shape index (κ2) is 9.97. The van der Waals surface area contributed by atoms with Crippen molar-refractivity contribution in [1.82, 2.24) is 0 Å². The van der Waals surface area contributed by atoms with E-state index < -0.39 is 0 Å². The van der Waals surface area contributed by atoms with Gasteiger partial charge in [0.1, 0.15) is 5.84 Å². The molecule has 1 aliphatic carbocycles. The number of aliphatic imine (C=N–C) groups is 1. The summed E-state index contributed by atoms with van der Waals surface area (Å²) < 4.78 is 0. The fourth-order valence-electron chi connectivity index (χ4n) is 4.13. The fraction of sp³-hybridized carbons (Fsp3) is 0.458. The van der Waals surface area contributed by atoms with Gasteiger partial charge in [-0.3, -0.25) is 4.99 Å². The third-order valence-electron chi connectivity index (χ3n) is 5.52. The molecule has 150 valence electrons. The van der Waals surface area contributed by atoms with Crippen LogP contribution in [0.3, 0.4) is 0 Å². The molecule has 4 rings (SSSR count). The molecule has 3 nitrogen and oxygen atoms in total. The lowest BCUT2D eigenvalue weighted by Gasteiger charge is -2.42. The molecule has 1 saturated carbocycles. The molecule has 0 saturated heterocycles. The number of nitrogens with one attached hydrogen (secondary N) is 2. The first-order chi connectivity index (χ1) is 13.8. The van der Waals surface area contributed by atoms with Crippen LogP contribution in [0.2, 0.25) is 5.02 Å². The summed E-state index contributed by atoms with van der Waals surface area (Å²) in [6, 6.07) is 16.4. The normalized spacial score (nSPS) is 19.3. The summed E-state index contributed by atoms with van der Waals surface area (Å²) in [5, 5.41) is 8.27. The highest BCUT2D eigenvalue weighted by molar-refractivity contribution is 6.30. The van der Waals surface area contributed by atoms with Crippen LogP contribution in [0, 0.1) is 0 Å². The Bertz CT molecular complexity index is 792. The molecule has 2 N–H and O–H groups in total. The minimum atomic E-state index is -0.0760. The standard InChI is InChI=1S/C22H26ClN3.C2H6/c23-18-10-8-9-17(15-18)16-24-21-22(13-6-2-1-3-7-14-22)26-20-12-5-4-11-19(20)25-21;1-2/h4-5,8-12,15,26H,1-3,6-7,13-14,16H2,(H,24,25);1-2H3.